The van der Waals surface area contributed by atoms with Crippen molar-refractivity contribution in [2.45, 2.75) is 31.8 Å². The highest BCUT2D eigenvalue weighted by molar-refractivity contribution is 7.08. The van der Waals surface area contributed by atoms with Crippen LogP contribution in [0.4, 0.5) is 16.4 Å². The van der Waals surface area contributed by atoms with Crippen LogP contribution in [0.25, 0.3) is 0 Å². The van der Waals surface area contributed by atoms with E-state index in [1.807, 2.05) is 23.8 Å². The Bertz CT molecular complexity index is 1190. The van der Waals surface area contributed by atoms with E-state index in [9.17, 15) is 14.4 Å². The molecule has 0 spiro atoms. The number of anilines is 2. The number of aryl methyl sites for hydroxylation is 1. The summed E-state index contributed by atoms with van der Waals surface area (Å²) in [6, 6.07) is 5.25. The zero-order chi connectivity index (χ0) is 24.4. The van der Waals surface area contributed by atoms with Gasteiger partial charge in [-0.3, -0.25) is 24.1 Å². The van der Waals surface area contributed by atoms with Gasteiger partial charge in [-0.1, -0.05) is 6.92 Å². The monoisotopic (exact) mass is 481 g/mol. The van der Waals surface area contributed by atoms with Crippen molar-refractivity contribution in [3.8, 4) is 0 Å². The summed E-state index contributed by atoms with van der Waals surface area (Å²) in [4.78, 5) is 46.3. The maximum atomic E-state index is 13.5. The summed E-state index contributed by atoms with van der Waals surface area (Å²) in [6.45, 7) is 1.95. The van der Waals surface area contributed by atoms with Gasteiger partial charge in [0.05, 0.1) is 12.0 Å². The van der Waals surface area contributed by atoms with Crippen LogP contribution >= 0.6 is 11.3 Å². The molecule has 4 amide bonds. The number of rotatable bonds is 7. The van der Waals surface area contributed by atoms with E-state index >= 15 is 0 Å². The second-order valence-corrected chi connectivity index (χ2v) is 9.04. The van der Waals surface area contributed by atoms with Gasteiger partial charge in [0, 0.05) is 32.6 Å². The summed E-state index contributed by atoms with van der Waals surface area (Å²) in [6.07, 6.45) is 4.20. The Labute approximate surface area is 201 Å². The lowest BCUT2D eigenvalue weighted by molar-refractivity contribution is -0.156. The molecule has 4 heterocycles. The lowest BCUT2D eigenvalue weighted by Crippen LogP contribution is -2.70. The minimum absolute atomic E-state index is 0.255. The van der Waals surface area contributed by atoms with E-state index in [1.54, 1.807) is 49.4 Å². The Morgan fingerprint density at radius 3 is 2.74 bits per heavy atom. The highest BCUT2D eigenvalue weighted by Gasteiger charge is 2.55. The van der Waals surface area contributed by atoms with Gasteiger partial charge < -0.3 is 11.1 Å². The molecule has 34 heavy (non-hydrogen) atoms. The third kappa shape index (κ3) is 4.51. The van der Waals surface area contributed by atoms with E-state index in [4.69, 9.17) is 5.73 Å². The summed E-state index contributed by atoms with van der Waals surface area (Å²) in [5, 5.41) is 11.1. The van der Waals surface area contributed by atoms with Gasteiger partial charge in [0.2, 0.25) is 5.91 Å². The Morgan fingerprint density at radius 2 is 2.12 bits per heavy atom. The Morgan fingerprint density at radius 1 is 1.32 bits per heavy atom. The van der Waals surface area contributed by atoms with Crippen molar-refractivity contribution in [2.75, 3.05) is 17.7 Å². The molecule has 1 aliphatic heterocycles. The molecule has 3 aromatic heterocycles. The number of likely N-dealkylation sites (N-methyl/N-ethyl adjacent to an activating group) is 1. The molecule has 11 heteroatoms. The summed E-state index contributed by atoms with van der Waals surface area (Å²) in [5.41, 5.74) is 7.52. The minimum atomic E-state index is -0.964. The van der Waals surface area contributed by atoms with Crippen LogP contribution < -0.4 is 16.0 Å². The van der Waals surface area contributed by atoms with E-state index in [1.165, 1.54) is 16.2 Å². The first-order valence-corrected chi connectivity index (χ1v) is 11.9. The zero-order valence-electron chi connectivity index (χ0n) is 19.2. The molecular weight excluding hydrogens is 454 g/mol. The molecule has 1 fully saturated rings. The van der Waals surface area contributed by atoms with Crippen molar-refractivity contribution >= 4 is 40.8 Å². The fourth-order valence-electron chi connectivity index (χ4n) is 4.14. The molecule has 3 aromatic rings. The predicted molar refractivity (Wildman–Crippen MR) is 129 cm³/mol. The Hall–Kier alpha value is -3.73. The second kappa shape index (κ2) is 9.64. The number of thiophene rings is 1. The molecule has 0 aromatic carbocycles. The molecular formula is C23H27N7O3S. The van der Waals surface area contributed by atoms with E-state index < -0.39 is 23.9 Å². The second-order valence-electron chi connectivity index (χ2n) is 8.26. The molecule has 3 N–H and O–H groups in total. The number of nitrogens with one attached hydrogen (secondary N) is 1. The number of imide groups is 1. The van der Waals surface area contributed by atoms with E-state index in [0.29, 0.717) is 18.1 Å². The molecule has 3 atom stereocenters. The highest BCUT2D eigenvalue weighted by Crippen LogP contribution is 2.33. The number of aromatic nitrogens is 3. The van der Waals surface area contributed by atoms with Crippen LogP contribution in [0.1, 0.15) is 30.5 Å². The van der Waals surface area contributed by atoms with Crippen LogP contribution in [-0.2, 0) is 23.1 Å². The number of pyridine rings is 1. The SMILES string of the molecule is CCC(NC(=O)N1C(=O)[C@H](Cc2ccnc(N)c2)[C@H]1C(=O)N(C)c1ccn(C)n1)c1ccsc1. The molecule has 178 valence electrons. The number of hydrogen-bond acceptors (Lipinski definition) is 7. The predicted octanol–water partition coefficient (Wildman–Crippen LogP) is 2.35. The molecule has 0 aliphatic carbocycles. The van der Waals surface area contributed by atoms with Gasteiger partial charge in [-0.15, -0.1) is 0 Å². The van der Waals surface area contributed by atoms with Crippen LogP contribution in [0, 0.1) is 5.92 Å². The average Bonchev–Trinajstić information content (AvgIpc) is 3.50. The molecule has 0 saturated carbocycles. The number of nitrogens with zero attached hydrogens (tertiary/aromatic N) is 5. The van der Waals surface area contributed by atoms with Crippen LogP contribution in [0.5, 0.6) is 0 Å². The third-order valence-corrected chi connectivity index (χ3v) is 6.71. The fourth-order valence-corrected chi connectivity index (χ4v) is 4.85. The smallest absolute Gasteiger partial charge is 0.325 e. The molecule has 0 bridgehead atoms. The van der Waals surface area contributed by atoms with Gasteiger partial charge in [-0.2, -0.15) is 16.4 Å². The maximum Gasteiger partial charge on any atom is 0.325 e. The van der Waals surface area contributed by atoms with Crippen molar-refractivity contribution in [3.63, 3.8) is 0 Å². The fraction of sp³-hybridized carbons (Fsp3) is 0.348. The lowest BCUT2D eigenvalue weighted by Gasteiger charge is -2.45. The molecule has 1 saturated heterocycles. The first-order chi connectivity index (χ1) is 16.3. The quantitative estimate of drug-likeness (QED) is 0.499. The lowest BCUT2D eigenvalue weighted by atomic mass is 9.81. The van der Waals surface area contributed by atoms with Gasteiger partial charge in [0.25, 0.3) is 5.91 Å². The number of urea groups is 1. The number of carbonyl (C=O) groups excluding carboxylic acids is 3. The van der Waals surface area contributed by atoms with Gasteiger partial charge in [-0.05, 0) is 52.9 Å². The molecule has 1 unspecified atom stereocenters. The van der Waals surface area contributed by atoms with Crippen molar-refractivity contribution in [1.82, 2.24) is 25.0 Å². The first kappa shape index (κ1) is 23.4. The van der Waals surface area contributed by atoms with Crippen molar-refractivity contribution in [3.05, 3.63) is 58.5 Å². The van der Waals surface area contributed by atoms with Crippen LogP contribution in [-0.4, -0.2) is 50.6 Å². The van der Waals surface area contributed by atoms with Crippen molar-refractivity contribution in [2.24, 2.45) is 13.0 Å². The number of hydrogen-bond donors (Lipinski definition) is 2. The number of nitrogens with two attached hydrogens (primary N) is 1. The maximum absolute atomic E-state index is 13.5. The molecule has 0 radical (unpaired) electrons. The van der Waals surface area contributed by atoms with Crippen molar-refractivity contribution in [1.29, 1.82) is 0 Å². The van der Waals surface area contributed by atoms with E-state index in [-0.39, 0.29) is 18.4 Å². The number of β-lactam (4-membered cyclic amide) rings is 1. The van der Waals surface area contributed by atoms with E-state index in [0.717, 1.165) is 16.0 Å². The normalized spacial score (nSPS) is 18.3. The average molecular weight is 482 g/mol. The van der Waals surface area contributed by atoms with E-state index in [2.05, 4.69) is 15.4 Å². The first-order valence-electron chi connectivity index (χ1n) is 10.9. The van der Waals surface area contributed by atoms with Gasteiger partial charge in [0.15, 0.2) is 5.82 Å². The number of likely N-dealkylation sites (tertiary alicyclic amines) is 1. The Balaban J connectivity index is 1.59. The van der Waals surface area contributed by atoms with Crippen molar-refractivity contribution < 1.29 is 14.4 Å². The number of carbonyl (C=O) groups is 3. The van der Waals surface area contributed by atoms with Gasteiger partial charge in [-0.25, -0.2) is 9.78 Å². The summed E-state index contributed by atoms with van der Waals surface area (Å²) in [5.74, 6) is -0.727. The Kier molecular flexibility index (Phi) is 6.64. The molecule has 4 rings (SSSR count). The van der Waals surface area contributed by atoms with Crippen LogP contribution in [0.3, 0.4) is 0 Å². The molecule has 10 nitrogen and oxygen atoms in total. The minimum Gasteiger partial charge on any atom is -0.384 e. The zero-order valence-corrected chi connectivity index (χ0v) is 20.0. The molecule has 1 aliphatic rings. The highest BCUT2D eigenvalue weighted by atomic mass is 32.1. The van der Waals surface area contributed by atoms with Gasteiger partial charge in [0.1, 0.15) is 11.9 Å². The number of amides is 4. The summed E-state index contributed by atoms with van der Waals surface area (Å²) >= 11 is 1.53. The summed E-state index contributed by atoms with van der Waals surface area (Å²) < 4.78 is 1.58. The van der Waals surface area contributed by atoms with Crippen LogP contribution in [0.15, 0.2) is 47.4 Å². The van der Waals surface area contributed by atoms with Crippen LogP contribution in [0.2, 0.25) is 0 Å². The number of nitrogen functional groups attached to an aromatic ring is 1. The van der Waals surface area contributed by atoms with Gasteiger partial charge >= 0.3 is 6.03 Å². The third-order valence-electron chi connectivity index (χ3n) is 6.01. The largest absolute Gasteiger partial charge is 0.384 e. The standard InChI is InChI=1S/C23H27N7O3S/c1-4-17(15-7-10-34-13-15)26-23(33)30-20(22(32)29(3)19-6-9-28(2)27-19)16(21(30)31)11-14-5-8-25-18(24)12-14/h5-10,12-13,16-17,20H,4,11H2,1-3H3,(H2,24,25)(H,26,33)/t16-,17?,20+/m1/s1. The summed E-state index contributed by atoms with van der Waals surface area (Å²) in [7, 11) is 3.34. The topological polar surface area (TPSA) is 126 Å².